The molecule has 0 saturated carbocycles. The summed E-state index contributed by atoms with van der Waals surface area (Å²) in [5, 5.41) is 7.33. The Balaban J connectivity index is 1.50. The summed E-state index contributed by atoms with van der Waals surface area (Å²) in [5.74, 6) is 0.159. The van der Waals surface area contributed by atoms with E-state index in [9.17, 15) is 9.59 Å². The highest BCUT2D eigenvalue weighted by Crippen LogP contribution is 2.21. The Hall–Kier alpha value is -3.71. The van der Waals surface area contributed by atoms with Gasteiger partial charge in [0, 0.05) is 23.3 Å². The van der Waals surface area contributed by atoms with Crippen molar-refractivity contribution in [1.29, 1.82) is 0 Å². The van der Waals surface area contributed by atoms with Gasteiger partial charge in [-0.1, -0.05) is 47.1 Å². The molecule has 0 aliphatic heterocycles. The van der Waals surface area contributed by atoms with Crippen molar-refractivity contribution >= 4 is 17.5 Å². The Morgan fingerprint density at radius 1 is 1.03 bits per heavy atom. The van der Waals surface area contributed by atoms with E-state index in [2.05, 4.69) is 15.5 Å². The molecule has 2 aromatic heterocycles. The van der Waals surface area contributed by atoms with Crippen LogP contribution in [0.4, 0.5) is 0 Å². The van der Waals surface area contributed by atoms with Gasteiger partial charge >= 0.3 is 0 Å². The first-order valence-corrected chi connectivity index (χ1v) is 9.58. The van der Waals surface area contributed by atoms with Crippen molar-refractivity contribution in [2.75, 3.05) is 0 Å². The van der Waals surface area contributed by atoms with Crippen molar-refractivity contribution in [2.45, 2.75) is 13.1 Å². The third-order valence-corrected chi connectivity index (χ3v) is 4.68. The maximum atomic E-state index is 12.8. The lowest BCUT2D eigenvalue weighted by Gasteiger charge is -2.08. The standard InChI is InChI=1S/C22H17ClN4O3/c23-17-10-8-16(9-11-17)20-25-21(30-26-20)18-7-4-12-27(22(18)29)14-19(28)24-13-15-5-2-1-3-6-15/h1-12H,13-14H2,(H,24,28). The number of carbonyl (C=O) groups is 1. The third kappa shape index (κ3) is 4.47. The number of nitrogens with one attached hydrogen (secondary N) is 1. The lowest BCUT2D eigenvalue weighted by atomic mass is 10.2. The second kappa shape index (κ2) is 8.75. The summed E-state index contributed by atoms with van der Waals surface area (Å²) >= 11 is 5.90. The van der Waals surface area contributed by atoms with Gasteiger partial charge < -0.3 is 14.4 Å². The number of benzene rings is 2. The van der Waals surface area contributed by atoms with Gasteiger partial charge in [-0.2, -0.15) is 4.98 Å². The molecule has 2 aromatic carbocycles. The number of carbonyl (C=O) groups excluding carboxylic acids is 1. The smallest absolute Gasteiger partial charge is 0.263 e. The topological polar surface area (TPSA) is 90.0 Å². The van der Waals surface area contributed by atoms with Gasteiger partial charge in [0.25, 0.3) is 11.4 Å². The molecule has 150 valence electrons. The molecule has 0 atom stereocenters. The van der Waals surface area contributed by atoms with Crippen LogP contribution in [0.15, 0.2) is 82.2 Å². The zero-order chi connectivity index (χ0) is 20.9. The predicted octanol–water partition coefficient (Wildman–Crippen LogP) is 3.54. The molecular formula is C22H17ClN4O3. The fourth-order valence-electron chi connectivity index (χ4n) is 2.88. The molecule has 0 radical (unpaired) electrons. The van der Waals surface area contributed by atoms with E-state index in [0.717, 1.165) is 5.56 Å². The minimum atomic E-state index is -0.390. The number of rotatable bonds is 6. The van der Waals surface area contributed by atoms with Crippen LogP contribution in [0.2, 0.25) is 5.02 Å². The molecule has 0 spiro atoms. The number of amides is 1. The molecule has 2 heterocycles. The second-order valence-corrected chi connectivity index (χ2v) is 6.98. The van der Waals surface area contributed by atoms with Gasteiger partial charge in [-0.3, -0.25) is 9.59 Å². The summed E-state index contributed by atoms with van der Waals surface area (Å²) in [6.07, 6.45) is 1.55. The first-order chi connectivity index (χ1) is 14.6. The molecule has 0 aliphatic rings. The maximum Gasteiger partial charge on any atom is 0.263 e. The Morgan fingerprint density at radius 2 is 1.80 bits per heavy atom. The fourth-order valence-corrected chi connectivity index (χ4v) is 3.01. The second-order valence-electron chi connectivity index (χ2n) is 6.55. The Bertz CT molecular complexity index is 1220. The van der Waals surface area contributed by atoms with E-state index in [-0.39, 0.29) is 23.9 Å². The van der Waals surface area contributed by atoms with E-state index >= 15 is 0 Å². The van der Waals surface area contributed by atoms with E-state index in [4.69, 9.17) is 16.1 Å². The van der Waals surface area contributed by atoms with Crippen LogP contribution in [0.1, 0.15) is 5.56 Å². The summed E-state index contributed by atoms with van der Waals surface area (Å²) in [6.45, 7) is 0.278. The van der Waals surface area contributed by atoms with Crippen LogP contribution in [0.3, 0.4) is 0 Å². The molecule has 0 aliphatic carbocycles. The average Bonchev–Trinajstić information content (AvgIpc) is 3.25. The lowest BCUT2D eigenvalue weighted by molar-refractivity contribution is -0.121. The Morgan fingerprint density at radius 3 is 2.57 bits per heavy atom. The molecular weight excluding hydrogens is 404 g/mol. The third-order valence-electron chi connectivity index (χ3n) is 4.43. The van der Waals surface area contributed by atoms with E-state index in [1.54, 1.807) is 42.6 Å². The summed E-state index contributed by atoms with van der Waals surface area (Å²) < 4.78 is 6.58. The van der Waals surface area contributed by atoms with E-state index in [1.165, 1.54) is 4.57 Å². The van der Waals surface area contributed by atoms with Crippen molar-refractivity contribution in [1.82, 2.24) is 20.0 Å². The molecule has 4 rings (SSSR count). The normalized spacial score (nSPS) is 10.7. The molecule has 1 N–H and O–H groups in total. The molecule has 30 heavy (non-hydrogen) atoms. The summed E-state index contributed by atoms with van der Waals surface area (Å²) in [7, 11) is 0. The maximum absolute atomic E-state index is 12.8. The van der Waals surface area contributed by atoms with Crippen molar-refractivity contribution in [2.24, 2.45) is 0 Å². The minimum Gasteiger partial charge on any atom is -0.350 e. The van der Waals surface area contributed by atoms with Crippen LogP contribution in [0.25, 0.3) is 22.8 Å². The van der Waals surface area contributed by atoms with Crippen molar-refractivity contribution in [3.8, 4) is 22.8 Å². The molecule has 8 heteroatoms. The molecule has 7 nitrogen and oxygen atoms in total. The highest BCUT2D eigenvalue weighted by molar-refractivity contribution is 6.30. The molecule has 0 bridgehead atoms. The zero-order valence-corrected chi connectivity index (χ0v) is 16.5. The number of hydrogen-bond donors (Lipinski definition) is 1. The quantitative estimate of drug-likeness (QED) is 0.515. The van der Waals surface area contributed by atoms with Gasteiger partial charge in [0.1, 0.15) is 12.1 Å². The highest BCUT2D eigenvalue weighted by atomic mass is 35.5. The average molecular weight is 421 g/mol. The lowest BCUT2D eigenvalue weighted by Crippen LogP contribution is -2.32. The van der Waals surface area contributed by atoms with Gasteiger partial charge in [-0.25, -0.2) is 0 Å². The summed E-state index contributed by atoms with van der Waals surface area (Å²) in [6, 6.07) is 19.7. The van der Waals surface area contributed by atoms with Crippen LogP contribution < -0.4 is 10.9 Å². The fraction of sp³-hybridized carbons (Fsp3) is 0.0909. The molecule has 1 amide bonds. The molecule has 0 fully saturated rings. The first kappa shape index (κ1) is 19.6. The summed E-state index contributed by atoms with van der Waals surface area (Å²) in [4.78, 5) is 29.4. The van der Waals surface area contributed by atoms with Gasteiger partial charge in [0.05, 0.1) is 0 Å². The van der Waals surface area contributed by atoms with Gasteiger partial charge in [0.2, 0.25) is 11.7 Å². The van der Waals surface area contributed by atoms with E-state index < -0.39 is 5.56 Å². The summed E-state index contributed by atoms with van der Waals surface area (Å²) in [5.41, 5.74) is 1.53. The van der Waals surface area contributed by atoms with Crippen LogP contribution in [-0.4, -0.2) is 20.6 Å². The van der Waals surface area contributed by atoms with Gasteiger partial charge in [0.15, 0.2) is 0 Å². The predicted molar refractivity (Wildman–Crippen MR) is 113 cm³/mol. The van der Waals surface area contributed by atoms with Gasteiger partial charge in [-0.05, 0) is 42.0 Å². The first-order valence-electron chi connectivity index (χ1n) is 9.20. The number of halogens is 1. The Kier molecular flexibility index (Phi) is 5.72. The van der Waals surface area contributed by atoms with Crippen molar-refractivity contribution < 1.29 is 9.32 Å². The van der Waals surface area contributed by atoms with Crippen molar-refractivity contribution in [3.05, 3.63) is 93.9 Å². The number of aromatic nitrogens is 3. The number of hydrogen-bond acceptors (Lipinski definition) is 5. The van der Waals surface area contributed by atoms with Gasteiger partial charge in [-0.15, -0.1) is 0 Å². The van der Waals surface area contributed by atoms with Crippen molar-refractivity contribution in [3.63, 3.8) is 0 Å². The van der Waals surface area contributed by atoms with Crippen LogP contribution in [0, 0.1) is 0 Å². The number of nitrogens with zero attached hydrogens (tertiary/aromatic N) is 3. The largest absolute Gasteiger partial charge is 0.350 e. The Labute approximate surface area is 176 Å². The van der Waals surface area contributed by atoms with Crippen LogP contribution >= 0.6 is 11.6 Å². The molecule has 4 aromatic rings. The number of pyridine rings is 1. The molecule has 0 saturated heterocycles. The SMILES string of the molecule is O=C(Cn1cccc(-c2nc(-c3ccc(Cl)cc3)no2)c1=O)NCc1ccccc1. The van der Waals surface area contributed by atoms with E-state index in [0.29, 0.717) is 23.0 Å². The highest BCUT2D eigenvalue weighted by Gasteiger charge is 2.16. The minimum absolute atomic E-state index is 0.0870. The zero-order valence-electron chi connectivity index (χ0n) is 15.8. The van der Waals surface area contributed by atoms with Crippen LogP contribution in [-0.2, 0) is 17.9 Å². The van der Waals surface area contributed by atoms with E-state index in [1.807, 2.05) is 30.3 Å². The molecule has 0 unspecified atom stereocenters. The monoisotopic (exact) mass is 420 g/mol. The van der Waals surface area contributed by atoms with Crippen LogP contribution in [0.5, 0.6) is 0 Å².